The molecule has 0 aliphatic heterocycles. The molecule has 0 unspecified atom stereocenters. The van der Waals surface area contributed by atoms with Crippen molar-refractivity contribution in [1.82, 2.24) is 5.32 Å². The fraction of sp³-hybridized carbons (Fsp3) is 0.417. The van der Waals surface area contributed by atoms with Gasteiger partial charge < -0.3 is 26.4 Å². The average molecular weight is 254 g/mol. The van der Waals surface area contributed by atoms with Crippen molar-refractivity contribution in [3.05, 3.63) is 29.8 Å². The Kier molecular flexibility index (Phi) is 5.08. The van der Waals surface area contributed by atoms with E-state index in [4.69, 9.17) is 21.1 Å². The number of hydrogen-bond acceptors (Lipinski definition) is 5. The Bertz CT molecular complexity index is 379. The summed E-state index contributed by atoms with van der Waals surface area (Å²) in [6, 6.07) is 6.79. The number of amides is 1. The SMILES string of the molecule is Nc1ccc(CC(=O)NC(CO)(CO)CO)cc1. The van der Waals surface area contributed by atoms with E-state index in [1.807, 2.05) is 0 Å². The van der Waals surface area contributed by atoms with Gasteiger partial charge in [0.05, 0.1) is 26.2 Å². The van der Waals surface area contributed by atoms with E-state index in [-0.39, 0.29) is 6.42 Å². The molecule has 1 aromatic rings. The molecule has 6 N–H and O–H groups in total. The Hall–Kier alpha value is -1.63. The number of anilines is 1. The standard InChI is InChI=1S/C12H18N2O4/c13-10-3-1-9(2-4-10)5-11(18)14-12(6-15,7-16)8-17/h1-4,15-17H,5-8,13H2,(H,14,18). The van der Waals surface area contributed by atoms with Gasteiger partial charge in [-0.3, -0.25) is 4.79 Å². The van der Waals surface area contributed by atoms with Crippen LogP contribution in [-0.2, 0) is 11.2 Å². The highest BCUT2D eigenvalue weighted by Crippen LogP contribution is 2.07. The molecule has 0 aliphatic rings. The quantitative estimate of drug-likeness (QED) is 0.402. The molecule has 1 aromatic carbocycles. The topological polar surface area (TPSA) is 116 Å². The summed E-state index contributed by atoms with van der Waals surface area (Å²) >= 11 is 0. The van der Waals surface area contributed by atoms with E-state index in [0.717, 1.165) is 5.56 Å². The molecule has 100 valence electrons. The van der Waals surface area contributed by atoms with Crippen molar-refractivity contribution >= 4 is 11.6 Å². The second-order valence-electron chi connectivity index (χ2n) is 4.22. The van der Waals surface area contributed by atoms with Crippen LogP contribution >= 0.6 is 0 Å². The summed E-state index contributed by atoms with van der Waals surface area (Å²) in [6.45, 7) is -1.60. The summed E-state index contributed by atoms with van der Waals surface area (Å²) in [5, 5.41) is 29.7. The highest BCUT2D eigenvalue weighted by atomic mass is 16.3. The second-order valence-corrected chi connectivity index (χ2v) is 4.22. The lowest BCUT2D eigenvalue weighted by atomic mass is 10.0. The smallest absolute Gasteiger partial charge is 0.225 e. The number of carbonyl (C=O) groups is 1. The number of nitrogens with two attached hydrogens (primary N) is 1. The average Bonchev–Trinajstić information content (AvgIpc) is 2.39. The van der Waals surface area contributed by atoms with Crippen LogP contribution in [0.1, 0.15) is 5.56 Å². The molecule has 0 aromatic heterocycles. The minimum absolute atomic E-state index is 0.0853. The molecule has 1 amide bonds. The first-order valence-electron chi connectivity index (χ1n) is 5.53. The van der Waals surface area contributed by atoms with Crippen molar-refractivity contribution < 1.29 is 20.1 Å². The first kappa shape index (κ1) is 14.4. The van der Waals surface area contributed by atoms with E-state index in [1.54, 1.807) is 24.3 Å². The predicted molar refractivity (Wildman–Crippen MR) is 66.7 cm³/mol. The normalized spacial score (nSPS) is 11.3. The fourth-order valence-corrected chi connectivity index (χ4v) is 1.43. The van der Waals surface area contributed by atoms with Crippen LogP contribution in [0.15, 0.2) is 24.3 Å². The largest absolute Gasteiger partial charge is 0.399 e. The lowest BCUT2D eigenvalue weighted by Gasteiger charge is -2.28. The maximum atomic E-state index is 11.7. The van der Waals surface area contributed by atoms with Crippen molar-refractivity contribution in [2.45, 2.75) is 12.0 Å². The Morgan fingerprint density at radius 1 is 1.11 bits per heavy atom. The Labute approximate surface area is 105 Å². The summed E-state index contributed by atoms with van der Waals surface area (Å²) in [6.07, 6.45) is 0.0853. The summed E-state index contributed by atoms with van der Waals surface area (Å²) in [5.41, 5.74) is 5.50. The van der Waals surface area contributed by atoms with Gasteiger partial charge in [-0.15, -0.1) is 0 Å². The van der Waals surface area contributed by atoms with Gasteiger partial charge in [-0.05, 0) is 17.7 Å². The van der Waals surface area contributed by atoms with Gasteiger partial charge in [-0.25, -0.2) is 0 Å². The van der Waals surface area contributed by atoms with Gasteiger partial charge in [0.1, 0.15) is 5.54 Å². The van der Waals surface area contributed by atoms with Crippen LogP contribution in [0.25, 0.3) is 0 Å². The highest BCUT2D eigenvalue weighted by molar-refractivity contribution is 5.79. The van der Waals surface area contributed by atoms with Gasteiger partial charge >= 0.3 is 0 Å². The van der Waals surface area contributed by atoms with Gasteiger partial charge in [0, 0.05) is 5.69 Å². The second kappa shape index (κ2) is 6.34. The number of rotatable bonds is 6. The van der Waals surface area contributed by atoms with E-state index in [9.17, 15) is 4.79 Å². The van der Waals surface area contributed by atoms with Crippen LogP contribution in [-0.4, -0.2) is 46.6 Å². The molecule has 0 fully saturated rings. The first-order chi connectivity index (χ1) is 8.55. The van der Waals surface area contributed by atoms with Crippen molar-refractivity contribution in [3.63, 3.8) is 0 Å². The van der Waals surface area contributed by atoms with E-state index >= 15 is 0 Å². The van der Waals surface area contributed by atoms with Crippen molar-refractivity contribution in [1.29, 1.82) is 0 Å². The first-order valence-corrected chi connectivity index (χ1v) is 5.53. The van der Waals surface area contributed by atoms with Gasteiger partial charge in [-0.2, -0.15) is 0 Å². The minimum atomic E-state index is -1.38. The third kappa shape index (κ3) is 3.69. The molecular weight excluding hydrogens is 236 g/mol. The molecule has 6 heteroatoms. The molecule has 0 saturated heterocycles. The summed E-state index contributed by atoms with van der Waals surface area (Å²) in [4.78, 5) is 11.7. The monoisotopic (exact) mass is 254 g/mol. The summed E-state index contributed by atoms with van der Waals surface area (Å²) < 4.78 is 0. The van der Waals surface area contributed by atoms with E-state index in [2.05, 4.69) is 5.32 Å². The zero-order chi connectivity index (χ0) is 13.6. The molecule has 0 saturated carbocycles. The highest BCUT2D eigenvalue weighted by Gasteiger charge is 2.29. The lowest BCUT2D eigenvalue weighted by Crippen LogP contribution is -2.57. The van der Waals surface area contributed by atoms with Crippen LogP contribution in [0.2, 0.25) is 0 Å². The fourth-order valence-electron chi connectivity index (χ4n) is 1.43. The van der Waals surface area contributed by atoms with Gasteiger partial charge in [-0.1, -0.05) is 12.1 Å². The summed E-state index contributed by atoms with van der Waals surface area (Å²) in [5.74, 6) is -0.392. The predicted octanol–water partition coefficient (Wildman–Crippen LogP) is -1.36. The van der Waals surface area contributed by atoms with Gasteiger partial charge in [0.15, 0.2) is 0 Å². The third-order valence-electron chi connectivity index (χ3n) is 2.66. The van der Waals surface area contributed by atoms with Gasteiger partial charge in [0.25, 0.3) is 0 Å². The number of aliphatic hydroxyl groups excluding tert-OH is 3. The number of hydrogen-bond donors (Lipinski definition) is 5. The molecule has 0 bridgehead atoms. The van der Waals surface area contributed by atoms with Crippen LogP contribution in [0.5, 0.6) is 0 Å². The van der Waals surface area contributed by atoms with Gasteiger partial charge in [0.2, 0.25) is 5.91 Å². The lowest BCUT2D eigenvalue weighted by molar-refractivity contribution is -0.124. The van der Waals surface area contributed by atoms with Crippen LogP contribution < -0.4 is 11.1 Å². The zero-order valence-electron chi connectivity index (χ0n) is 9.97. The molecule has 0 atom stereocenters. The third-order valence-corrected chi connectivity index (χ3v) is 2.66. The molecule has 0 heterocycles. The molecule has 1 rings (SSSR count). The van der Waals surface area contributed by atoms with Crippen molar-refractivity contribution in [2.24, 2.45) is 0 Å². The van der Waals surface area contributed by atoms with E-state index in [0.29, 0.717) is 5.69 Å². The van der Waals surface area contributed by atoms with Crippen molar-refractivity contribution in [3.8, 4) is 0 Å². The molecule has 0 spiro atoms. The number of nitrogens with one attached hydrogen (secondary N) is 1. The zero-order valence-corrected chi connectivity index (χ0v) is 9.97. The summed E-state index contributed by atoms with van der Waals surface area (Å²) in [7, 11) is 0. The molecule has 0 aliphatic carbocycles. The van der Waals surface area contributed by atoms with Crippen LogP contribution in [0.3, 0.4) is 0 Å². The van der Waals surface area contributed by atoms with Crippen LogP contribution in [0, 0.1) is 0 Å². The maximum absolute atomic E-state index is 11.7. The molecule has 18 heavy (non-hydrogen) atoms. The number of carbonyl (C=O) groups excluding carboxylic acids is 1. The van der Waals surface area contributed by atoms with Crippen molar-refractivity contribution in [2.75, 3.05) is 25.6 Å². The Balaban J connectivity index is 2.63. The Morgan fingerprint density at radius 3 is 2.06 bits per heavy atom. The number of benzene rings is 1. The number of aliphatic hydroxyl groups is 3. The number of nitrogen functional groups attached to an aromatic ring is 1. The Morgan fingerprint density at radius 2 is 1.61 bits per heavy atom. The van der Waals surface area contributed by atoms with E-state index < -0.39 is 31.3 Å². The molecule has 0 radical (unpaired) electrons. The maximum Gasteiger partial charge on any atom is 0.225 e. The van der Waals surface area contributed by atoms with Crippen LogP contribution in [0.4, 0.5) is 5.69 Å². The van der Waals surface area contributed by atoms with E-state index in [1.165, 1.54) is 0 Å². The molecule has 6 nitrogen and oxygen atoms in total. The minimum Gasteiger partial charge on any atom is -0.399 e. The molecular formula is C12H18N2O4.